The maximum Gasteiger partial charge on any atom is 0.140 e. The lowest BCUT2D eigenvalue weighted by Gasteiger charge is -2.33. The number of hydrogen-bond donors (Lipinski definition) is 0. The second-order valence-electron chi connectivity index (χ2n) is 7.33. The van der Waals surface area contributed by atoms with E-state index in [9.17, 15) is 0 Å². The average Bonchev–Trinajstić information content (AvgIpc) is 2.45. The maximum absolute atomic E-state index is 1.60. The lowest BCUT2D eigenvalue weighted by Crippen LogP contribution is -2.22. The molecule has 17 heavy (non-hydrogen) atoms. The highest BCUT2D eigenvalue weighted by Gasteiger charge is 2.34. The van der Waals surface area contributed by atoms with Crippen molar-refractivity contribution in [1.29, 1.82) is 0 Å². The van der Waals surface area contributed by atoms with Crippen molar-refractivity contribution in [2.24, 2.45) is 17.8 Å². The third-order valence-electron chi connectivity index (χ3n) is 5.87. The molecule has 3 atom stereocenters. The first-order valence-corrected chi connectivity index (χ1v) is 8.40. The summed E-state index contributed by atoms with van der Waals surface area (Å²) < 4.78 is 0. The highest BCUT2D eigenvalue weighted by molar-refractivity contribution is 6.58. The zero-order chi connectivity index (χ0) is 11.5. The van der Waals surface area contributed by atoms with Gasteiger partial charge >= 0.3 is 0 Å². The summed E-state index contributed by atoms with van der Waals surface area (Å²) in [5.41, 5.74) is 0. The second-order valence-corrected chi connectivity index (χ2v) is 7.33. The molecule has 0 radical (unpaired) electrons. The first kappa shape index (κ1) is 12.1. The molecular formula is C16H29B. The molecule has 0 N–H and O–H groups in total. The molecule has 4 bridgehead atoms. The fourth-order valence-electron chi connectivity index (χ4n) is 5.09. The first-order chi connectivity index (χ1) is 8.40. The van der Waals surface area contributed by atoms with Gasteiger partial charge in [0.1, 0.15) is 6.71 Å². The van der Waals surface area contributed by atoms with Crippen LogP contribution in [-0.2, 0) is 0 Å². The molecule has 2 heterocycles. The van der Waals surface area contributed by atoms with Crippen LogP contribution in [0.1, 0.15) is 64.2 Å². The quantitative estimate of drug-likeness (QED) is 0.499. The molecule has 0 aromatic heterocycles. The van der Waals surface area contributed by atoms with Gasteiger partial charge in [-0.1, -0.05) is 63.9 Å². The number of hydrogen-bond acceptors (Lipinski definition) is 0. The molecule has 3 fully saturated rings. The van der Waals surface area contributed by atoms with E-state index in [-0.39, 0.29) is 0 Å². The van der Waals surface area contributed by atoms with Gasteiger partial charge in [-0.05, 0) is 37.0 Å². The van der Waals surface area contributed by atoms with Gasteiger partial charge in [0, 0.05) is 0 Å². The van der Waals surface area contributed by atoms with Crippen LogP contribution in [-0.4, -0.2) is 6.71 Å². The van der Waals surface area contributed by atoms with Crippen molar-refractivity contribution in [3.8, 4) is 0 Å². The minimum absolute atomic E-state index is 1.11. The molecule has 1 aliphatic carbocycles. The van der Waals surface area contributed by atoms with Crippen LogP contribution in [0.3, 0.4) is 0 Å². The minimum atomic E-state index is 1.11. The maximum atomic E-state index is 1.60. The fraction of sp³-hybridized carbons (Fsp3) is 1.00. The van der Waals surface area contributed by atoms with Gasteiger partial charge in [0.2, 0.25) is 0 Å². The Bertz CT molecular complexity index is 232. The van der Waals surface area contributed by atoms with Crippen molar-refractivity contribution in [3.05, 3.63) is 0 Å². The van der Waals surface area contributed by atoms with Crippen molar-refractivity contribution in [2.75, 3.05) is 0 Å². The topological polar surface area (TPSA) is 0 Å². The van der Waals surface area contributed by atoms with E-state index in [1.165, 1.54) is 32.1 Å². The molecule has 3 aliphatic rings. The van der Waals surface area contributed by atoms with Crippen molar-refractivity contribution in [2.45, 2.75) is 83.2 Å². The van der Waals surface area contributed by atoms with Gasteiger partial charge in [0.05, 0.1) is 0 Å². The van der Waals surface area contributed by atoms with E-state index in [4.69, 9.17) is 0 Å². The monoisotopic (exact) mass is 232 g/mol. The van der Waals surface area contributed by atoms with Gasteiger partial charge in [-0.15, -0.1) is 0 Å². The van der Waals surface area contributed by atoms with E-state index in [0.29, 0.717) is 0 Å². The van der Waals surface area contributed by atoms with Gasteiger partial charge in [-0.3, -0.25) is 0 Å². The van der Waals surface area contributed by atoms with Crippen molar-refractivity contribution in [3.63, 3.8) is 0 Å². The summed E-state index contributed by atoms with van der Waals surface area (Å²) >= 11 is 0. The summed E-state index contributed by atoms with van der Waals surface area (Å²) in [5, 5.41) is 0. The molecule has 0 nitrogen and oxygen atoms in total. The molecular weight excluding hydrogens is 203 g/mol. The first-order valence-electron chi connectivity index (χ1n) is 8.40. The molecule has 2 aliphatic heterocycles. The van der Waals surface area contributed by atoms with Crippen LogP contribution < -0.4 is 0 Å². The summed E-state index contributed by atoms with van der Waals surface area (Å²) in [4.78, 5) is 0. The molecule has 1 heteroatoms. The highest BCUT2D eigenvalue weighted by atomic mass is 14.3. The molecule has 3 rings (SSSR count). The molecule has 2 saturated heterocycles. The van der Waals surface area contributed by atoms with Crippen molar-refractivity contribution in [1.82, 2.24) is 0 Å². The summed E-state index contributed by atoms with van der Waals surface area (Å²) in [6.45, 7) is 1.11. The summed E-state index contributed by atoms with van der Waals surface area (Å²) in [6, 6.07) is 0. The number of fused-ring (bicyclic) bond motifs is 3. The van der Waals surface area contributed by atoms with Crippen molar-refractivity contribution >= 4 is 6.71 Å². The molecule has 3 unspecified atom stereocenters. The Labute approximate surface area is 108 Å². The standard InChI is InChI=1S/C16H29B/c1-2-4-6-14-10-15-7-9-17(8-5-3-1)13-16(11-14)12-15/h14-16H,1-13H2. The van der Waals surface area contributed by atoms with E-state index >= 15 is 0 Å². The predicted octanol–water partition coefficient (Wildman–Crippen LogP) is 5.27. The van der Waals surface area contributed by atoms with Crippen molar-refractivity contribution < 1.29 is 0 Å². The Kier molecular flexibility index (Phi) is 4.14. The normalized spacial score (nSPS) is 39.5. The van der Waals surface area contributed by atoms with Crippen LogP contribution >= 0.6 is 0 Å². The molecule has 1 saturated carbocycles. The zero-order valence-electron chi connectivity index (χ0n) is 11.5. The minimum Gasteiger partial charge on any atom is -0.0741 e. The third-order valence-corrected chi connectivity index (χ3v) is 5.87. The van der Waals surface area contributed by atoms with Crippen LogP contribution in [0, 0.1) is 17.8 Å². The second kappa shape index (κ2) is 5.80. The van der Waals surface area contributed by atoms with Gasteiger partial charge < -0.3 is 0 Å². The van der Waals surface area contributed by atoms with Crippen LogP contribution in [0.2, 0.25) is 19.0 Å². The van der Waals surface area contributed by atoms with Gasteiger partial charge in [-0.25, -0.2) is 0 Å². The third kappa shape index (κ3) is 3.29. The smallest absolute Gasteiger partial charge is 0.0741 e. The molecule has 0 spiro atoms. The summed E-state index contributed by atoms with van der Waals surface area (Å²) in [7, 11) is 0. The lowest BCUT2D eigenvalue weighted by atomic mass is 9.40. The molecule has 96 valence electrons. The molecule has 0 aromatic rings. The van der Waals surface area contributed by atoms with E-state index < -0.39 is 0 Å². The lowest BCUT2D eigenvalue weighted by molar-refractivity contribution is 0.195. The summed E-state index contributed by atoms with van der Waals surface area (Å²) in [6.07, 6.45) is 20.3. The number of rotatable bonds is 0. The average molecular weight is 232 g/mol. The van der Waals surface area contributed by atoms with Crippen LogP contribution in [0.4, 0.5) is 0 Å². The molecule has 0 amide bonds. The Balaban J connectivity index is 1.68. The predicted molar refractivity (Wildman–Crippen MR) is 76.8 cm³/mol. The zero-order valence-corrected chi connectivity index (χ0v) is 11.5. The van der Waals surface area contributed by atoms with E-state index in [0.717, 1.165) is 24.5 Å². The Hall–Kier alpha value is 0.0649. The van der Waals surface area contributed by atoms with E-state index in [1.54, 1.807) is 51.1 Å². The SMILES string of the molecule is C1CCCB2CCC3CC(CCC1)CC(C2)C3. The van der Waals surface area contributed by atoms with Crippen LogP contribution in [0.25, 0.3) is 0 Å². The highest BCUT2D eigenvalue weighted by Crippen LogP contribution is 2.44. The van der Waals surface area contributed by atoms with Gasteiger partial charge in [-0.2, -0.15) is 0 Å². The Morgan fingerprint density at radius 2 is 1.29 bits per heavy atom. The van der Waals surface area contributed by atoms with E-state index in [1.807, 2.05) is 0 Å². The Morgan fingerprint density at radius 1 is 0.588 bits per heavy atom. The van der Waals surface area contributed by atoms with Crippen LogP contribution in [0.15, 0.2) is 0 Å². The summed E-state index contributed by atoms with van der Waals surface area (Å²) in [5.74, 6) is 3.38. The van der Waals surface area contributed by atoms with Gasteiger partial charge in [0.25, 0.3) is 0 Å². The fourth-order valence-corrected chi connectivity index (χ4v) is 5.09. The van der Waals surface area contributed by atoms with Crippen LogP contribution in [0.5, 0.6) is 0 Å². The molecule has 0 aromatic carbocycles. The Morgan fingerprint density at radius 3 is 2.24 bits per heavy atom. The van der Waals surface area contributed by atoms with Gasteiger partial charge in [0.15, 0.2) is 0 Å². The van der Waals surface area contributed by atoms with E-state index in [2.05, 4.69) is 0 Å². The largest absolute Gasteiger partial charge is 0.140 e.